The molecule has 2 aliphatic heterocycles. The summed E-state index contributed by atoms with van der Waals surface area (Å²) in [6, 6.07) is 14.4. The Morgan fingerprint density at radius 2 is 1.71 bits per heavy atom. The Morgan fingerprint density at radius 1 is 0.935 bits per heavy atom. The zero-order chi connectivity index (χ0) is 21.4. The van der Waals surface area contributed by atoms with Crippen molar-refractivity contribution in [2.45, 2.75) is 51.2 Å². The number of pyridine rings is 1. The van der Waals surface area contributed by atoms with Crippen LogP contribution in [0.25, 0.3) is 0 Å². The van der Waals surface area contributed by atoms with E-state index in [2.05, 4.69) is 41.1 Å². The Morgan fingerprint density at radius 3 is 2.45 bits per heavy atom. The van der Waals surface area contributed by atoms with Gasteiger partial charge in [0.05, 0.1) is 12.2 Å². The minimum absolute atomic E-state index is 0.165. The monoisotopic (exact) mass is 417 g/mol. The molecule has 31 heavy (non-hydrogen) atoms. The van der Waals surface area contributed by atoms with E-state index in [4.69, 9.17) is 5.10 Å². The summed E-state index contributed by atoms with van der Waals surface area (Å²) in [6.07, 6.45) is 4.54. The van der Waals surface area contributed by atoms with E-state index in [0.717, 1.165) is 50.4 Å². The molecular weight excluding hydrogens is 390 g/mol. The van der Waals surface area contributed by atoms with Crippen molar-refractivity contribution in [3.05, 3.63) is 92.0 Å². The van der Waals surface area contributed by atoms with Gasteiger partial charge in [-0.25, -0.2) is 4.68 Å². The number of likely N-dealkylation sites (tertiary alicyclic amines) is 1. The molecule has 1 saturated heterocycles. The molecule has 1 spiro atoms. The number of aromatic nitrogens is 4. The van der Waals surface area contributed by atoms with Gasteiger partial charge in [0, 0.05) is 31.2 Å². The van der Waals surface area contributed by atoms with Crippen molar-refractivity contribution in [1.29, 1.82) is 0 Å². The Balaban J connectivity index is 1.41. The fourth-order valence-corrected chi connectivity index (χ4v) is 4.94. The van der Waals surface area contributed by atoms with Crippen molar-refractivity contribution >= 4 is 0 Å². The third-order valence-corrected chi connectivity index (χ3v) is 6.73. The van der Waals surface area contributed by atoms with E-state index in [1.54, 1.807) is 10.8 Å². The van der Waals surface area contributed by atoms with Gasteiger partial charge in [-0.2, -0.15) is 5.10 Å². The second-order valence-corrected chi connectivity index (χ2v) is 8.73. The van der Waals surface area contributed by atoms with Crippen LogP contribution in [0.3, 0.4) is 0 Å². The molecule has 0 aliphatic carbocycles. The van der Waals surface area contributed by atoms with E-state index in [0.29, 0.717) is 6.54 Å². The molecule has 1 aromatic carbocycles. The standard InChI is InChI=1S/C24H27N5O2/c1-2-18-6-8-19(9-7-18)15-27-13-10-24(17-27)11-14-28-21(30)22(31)29(26-23(24)28)16-20-5-3-4-12-25-20/h3-9,12H,2,10-11,13-17H2,1H3. The SMILES string of the molecule is CCc1ccc(CN2CCC3(CCn4c3nn(Cc3ccccn3)c(=O)c4=O)C2)cc1. The second kappa shape index (κ2) is 7.89. The van der Waals surface area contributed by atoms with Crippen molar-refractivity contribution in [3.8, 4) is 0 Å². The van der Waals surface area contributed by atoms with Crippen molar-refractivity contribution in [1.82, 2.24) is 24.2 Å². The molecule has 7 heteroatoms. The maximum Gasteiger partial charge on any atom is 0.332 e. The highest BCUT2D eigenvalue weighted by Gasteiger charge is 2.47. The van der Waals surface area contributed by atoms with Gasteiger partial charge in [-0.1, -0.05) is 37.3 Å². The summed E-state index contributed by atoms with van der Waals surface area (Å²) in [5.74, 6) is 0.761. The maximum atomic E-state index is 12.8. The summed E-state index contributed by atoms with van der Waals surface area (Å²) in [5.41, 5.74) is 2.17. The molecule has 0 saturated carbocycles. The van der Waals surface area contributed by atoms with Crippen LogP contribution in [-0.2, 0) is 31.5 Å². The molecule has 5 rings (SSSR count). The van der Waals surface area contributed by atoms with Crippen LogP contribution in [0, 0.1) is 0 Å². The molecule has 1 unspecified atom stereocenters. The van der Waals surface area contributed by atoms with Gasteiger partial charge < -0.3 is 0 Å². The molecule has 4 heterocycles. The van der Waals surface area contributed by atoms with E-state index in [-0.39, 0.29) is 12.0 Å². The molecule has 1 fully saturated rings. The third-order valence-electron chi connectivity index (χ3n) is 6.73. The third kappa shape index (κ3) is 3.63. The van der Waals surface area contributed by atoms with Gasteiger partial charge in [-0.15, -0.1) is 0 Å². The van der Waals surface area contributed by atoms with Crippen molar-refractivity contribution < 1.29 is 0 Å². The van der Waals surface area contributed by atoms with Crippen molar-refractivity contribution in [2.24, 2.45) is 0 Å². The molecule has 0 bridgehead atoms. The van der Waals surface area contributed by atoms with E-state index in [9.17, 15) is 9.59 Å². The number of nitrogens with zero attached hydrogens (tertiary/aromatic N) is 5. The fraction of sp³-hybridized carbons (Fsp3) is 0.417. The first-order valence-corrected chi connectivity index (χ1v) is 11.0. The Labute approximate surface area is 181 Å². The van der Waals surface area contributed by atoms with Crippen molar-refractivity contribution in [3.63, 3.8) is 0 Å². The Kier molecular flexibility index (Phi) is 5.06. The van der Waals surface area contributed by atoms with Gasteiger partial charge >= 0.3 is 11.1 Å². The lowest BCUT2D eigenvalue weighted by molar-refractivity contribution is 0.298. The summed E-state index contributed by atoms with van der Waals surface area (Å²) < 4.78 is 2.91. The lowest BCUT2D eigenvalue weighted by atomic mass is 9.85. The van der Waals surface area contributed by atoms with Crippen LogP contribution in [0.4, 0.5) is 0 Å². The lowest BCUT2D eigenvalue weighted by Gasteiger charge is -2.24. The van der Waals surface area contributed by atoms with Crippen LogP contribution in [0.5, 0.6) is 0 Å². The predicted molar refractivity (Wildman–Crippen MR) is 118 cm³/mol. The highest BCUT2D eigenvalue weighted by molar-refractivity contribution is 5.24. The summed E-state index contributed by atoms with van der Waals surface area (Å²) in [4.78, 5) is 32.1. The zero-order valence-electron chi connectivity index (χ0n) is 17.8. The van der Waals surface area contributed by atoms with Crippen LogP contribution in [0.1, 0.15) is 42.4 Å². The normalized spacial score (nSPS) is 20.4. The largest absolute Gasteiger partial charge is 0.332 e. The van der Waals surface area contributed by atoms with Crippen LogP contribution in [0.15, 0.2) is 58.3 Å². The smallest absolute Gasteiger partial charge is 0.298 e. The van der Waals surface area contributed by atoms with E-state index in [1.807, 2.05) is 18.2 Å². The highest BCUT2D eigenvalue weighted by atomic mass is 16.2. The van der Waals surface area contributed by atoms with Gasteiger partial charge in [0.15, 0.2) is 0 Å². The number of aryl methyl sites for hydroxylation is 1. The number of fused-ring (bicyclic) bond motifs is 2. The van der Waals surface area contributed by atoms with Gasteiger partial charge in [0.2, 0.25) is 0 Å². The molecule has 1 atom stereocenters. The predicted octanol–water partition coefficient (Wildman–Crippen LogP) is 1.96. The highest BCUT2D eigenvalue weighted by Crippen LogP contribution is 2.40. The summed E-state index contributed by atoms with van der Waals surface area (Å²) in [5, 5.41) is 4.71. The number of hydrogen-bond donors (Lipinski definition) is 0. The quantitative estimate of drug-likeness (QED) is 0.594. The Bertz CT molecular complexity index is 1200. The molecular formula is C24H27N5O2. The van der Waals surface area contributed by atoms with Crippen LogP contribution >= 0.6 is 0 Å². The van der Waals surface area contributed by atoms with Gasteiger partial charge in [0.1, 0.15) is 5.82 Å². The summed E-state index contributed by atoms with van der Waals surface area (Å²) >= 11 is 0. The molecule has 0 N–H and O–H groups in total. The van der Waals surface area contributed by atoms with E-state index in [1.165, 1.54) is 15.8 Å². The minimum Gasteiger partial charge on any atom is -0.298 e. The lowest BCUT2D eigenvalue weighted by Crippen LogP contribution is -2.45. The summed E-state index contributed by atoms with van der Waals surface area (Å²) in [7, 11) is 0. The van der Waals surface area contributed by atoms with Crippen molar-refractivity contribution in [2.75, 3.05) is 13.1 Å². The molecule has 3 aromatic rings. The molecule has 160 valence electrons. The molecule has 7 nitrogen and oxygen atoms in total. The first-order chi connectivity index (χ1) is 15.1. The minimum atomic E-state index is -0.572. The topological polar surface area (TPSA) is 73.0 Å². The van der Waals surface area contributed by atoms with Gasteiger partial charge in [0.25, 0.3) is 0 Å². The zero-order valence-corrected chi connectivity index (χ0v) is 17.8. The summed E-state index contributed by atoms with van der Waals surface area (Å²) in [6.45, 7) is 5.66. The maximum absolute atomic E-state index is 12.8. The number of hydrogen-bond acceptors (Lipinski definition) is 5. The molecule has 2 aromatic heterocycles. The average molecular weight is 418 g/mol. The molecule has 2 aliphatic rings. The van der Waals surface area contributed by atoms with E-state index < -0.39 is 11.1 Å². The van der Waals surface area contributed by atoms with Gasteiger partial charge in [-0.3, -0.25) is 24.0 Å². The Hall–Kier alpha value is -3.06. The fourth-order valence-electron chi connectivity index (χ4n) is 4.94. The first kappa shape index (κ1) is 19.9. The van der Waals surface area contributed by atoms with Crippen LogP contribution < -0.4 is 11.1 Å². The van der Waals surface area contributed by atoms with E-state index >= 15 is 0 Å². The van der Waals surface area contributed by atoms with Gasteiger partial charge in [-0.05, 0) is 49.1 Å². The molecule has 0 radical (unpaired) electrons. The van der Waals surface area contributed by atoms with Crippen LogP contribution in [0.2, 0.25) is 0 Å². The number of benzene rings is 1. The first-order valence-electron chi connectivity index (χ1n) is 11.0. The number of rotatable bonds is 5. The van der Waals surface area contributed by atoms with Crippen LogP contribution in [-0.4, -0.2) is 37.3 Å². The average Bonchev–Trinajstić information content (AvgIpc) is 3.37. The second-order valence-electron chi connectivity index (χ2n) is 8.73. The molecule has 0 amide bonds.